The number of carbonyl (C=O) groups excluding carboxylic acids is 1. The molecule has 1 aliphatic rings. The maximum Gasteiger partial charge on any atom is 0.407 e. The molecule has 1 amide bonds. The lowest BCUT2D eigenvalue weighted by Crippen LogP contribution is -2.39. The fourth-order valence-corrected chi connectivity index (χ4v) is 3.07. The molecule has 0 saturated carbocycles. The molecule has 114 valence electrons. The van der Waals surface area contributed by atoms with Gasteiger partial charge in [-0.1, -0.05) is 19.1 Å². The highest BCUT2D eigenvalue weighted by atomic mass is 16.5. The topological polar surface area (TPSA) is 75.6 Å². The maximum absolute atomic E-state index is 11.3. The average Bonchev–Trinajstić information content (AvgIpc) is 2.46. The normalized spacial score (nSPS) is 17.0. The first-order chi connectivity index (χ1) is 10.0. The van der Waals surface area contributed by atoms with Crippen LogP contribution in [-0.4, -0.2) is 30.3 Å². The molecular weight excluding hydrogens is 270 g/mol. The molecule has 5 heteroatoms. The van der Waals surface area contributed by atoms with E-state index in [9.17, 15) is 9.59 Å². The van der Waals surface area contributed by atoms with E-state index in [-0.39, 0.29) is 12.5 Å². The van der Waals surface area contributed by atoms with Gasteiger partial charge in [-0.3, -0.25) is 4.79 Å². The van der Waals surface area contributed by atoms with Gasteiger partial charge in [-0.25, -0.2) is 4.79 Å². The Hall–Kier alpha value is -2.04. The van der Waals surface area contributed by atoms with Crippen LogP contribution in [0, 0.1) is 0 Å². The van der Waals surface area contributed by atoms with E-state index in [1.807, 2.05) is 19.1 Å². The first-order valence-electron chi connectivity index (χ1n) is 7.23. The van der Waals surface area contributed by atoms with E-state index in [1.54, 1.807) is 0 Å². The van der Waals surface area contributed by atoms with Crippen LogP contribution >= 0.6 is 0 Å². The van der Waals surface area contributed by atoms with E-state index in [2.05, 4.69) is 10.1 Å². The van der Waals surface area contributed by atoms with Gasteiger partial charge in [0.15, 0.2) is 0 Å². The number of nitrogens with one attached hydrogen (secondary N) is 1. The van der Waals surface area contributed by atoms with E-state index in [0.29, 0.717) is 0 Å². The Morgan fingerprint density at radius 1 is 1.43 bits per heavy atom. The van der Waals surface area contributed by atoms with Crippen LogP contribution < -0.4 is 5.32 Å². The Morgan fingerprint density at radius 3 is 2.81 bits per heavy atom. The number of aryl methyl sites for hydroxylation is 1. The predicted molar refractivity (Wildman–Crippen MR) is 78.5 cm³/mol. The number of rotatable bonds is 4. The van der Waals surface area contributed by atoms with Crippen LogP contribution in [0.25, 0.3) is 0 Å². The minimum Gasteiger partial charge on any atom is -0.481 e. The quantitative estimate of drug-likeness (QED) is 0.890. The van der Waals surface area contributed by atoms with Crippen molar-refractivity contribution in [1.29, 1.82) is 0 Å². The summed E-state index contributed by atoms with van der Waals surface area (Å²) in [5, 5.41) is 11.9. The minimum atomic E-state index is -0.815. The molecule has 0 radical (unpaired) electrons. The van der Waals surface area contributed by atoms with Crippen LogP contribution in [-0.2, 0) is 35.2 Å². The highest BCUT2D eigenvalue weighted by molar-refractivity contribution is 5.71. The van der Waals surface area contributed by atoms with Crippen LogP contribution in [0.1, 0.15) is 35.6 Å². The first-order valence-corrected chi connectivity index (χ1v) is 7.23. The Balaban J connectivity index is 2.27. The third-order valence-electron chi connectivity index (χ3n) is 4.04. The molecule has 1 unspecified atom stereocenters. The fraction of sp³-hybridized carbons (Fsp3) is 0.500. The number of aliphatic carboxylic acids is 1. The largest absolute Gasteiger partial charge is 0.481 e. The van der Waals surface area contributed by atoms with Gasteiger partial charge in [-0.05, 0) is 47.9 Å². The average molecular weight is 291 g/mol. The number of methoxy groups -OCH3 is 1. The molecule has 2 N–H and O–H groups in total. The van der Waals surface area contributed by atoms with Crippen molar-refractivity contribution in [3.63, 3.8) is 0 Å². The standard InChI is InChI=1S/C16H21NO4/c1-3-13-11(8-15(18)19)5-4-10-6-7-12(9-14(10)13)17-16(20)21-2/h4-5,12H,3,6-9H2,1-2H3,(H,17,20)(H,18,19). The summed E-state index contributed by atoms with van der Waals surface area (Å²) in [5.41, 5.74) is 4.46. The summed E-state index contributed by atoms with van der Waals surface area (Å²) in [6, 6.07) is 4.01. The zero-order valence-corrected chi connectivity index (χ0v) is 12.4. The molecule has 5 nitrogen and oxygen atoms in total. The second kappa shape index (κ2) is 6.61. The third-order valence-corrected chi connectivity index (χ3v) is 4.04. The summed E-state index contributed by atoms with van der Waals surface area (Å²) in [7, 11) is 1.36. The van der Waals surface area contributed by atoms with Crippen LogP contribution in [0.15, 0.2) is 12.1 Å². The zero-order valence-electron chi connectivity index (χ0n) is 12.4. The smallest absolute Gasteiger partial charge is 0.407 e. The van der Waals surface area contributed by atoms with Gasteiger partial charge >= 0.3 is 12.1 Å². The predicted octanol–water partition coefficient (Wildman–Crippen LogP) is 2.09. The number of carboxylic acids is 1. The van der Waals surface area contributed by atoms with Crippen molar-refractivity contribution in [1.82, 2.24) is 5.32 Å². The van der Waals surface area contributed by atoms with Crippen molar-refractivity contribution >= 4 is 12.1 Å². The number of fused-ring (bicyclic) bond motifs is 1. The summed E-state index contributed by atoms with van der Waals surface area (Å²) in [6.07, 6.45) is 2.94. The molecule has 1 aliphatic carbocycles. The Bertz CT molecular complexity index is 553. The number of carbonyl (C=O) groups is 2. The summed E-state index contributed by atoms with van der Waals surface area (Å²) in [4.78, 5) is 22.3. The van der Waals surface area contributed by atoms with Gasteiger partial charge in [0.1, 0.15) is 0 Å². The van der Waals surface area contributed by atoms with Crippen molar-refractivity contribution in [2.24, 2.45) is 0 Å². The molecule has 0 aliphatic heterocycles. The number of amides is 1. The van der Waals surface area contributed by atoms with Crippen molar-refractivity contribution < 1.29 is 19.4 Å². The number of ether oxygens (including phenoxy) is 1. The summed E-state index contributed by atoms with van der Waals surface area (Å²) < 4.78 is 4.65. The number of hydrogen-bond donors (Lipinski definition) is 2. The highest BCUT2D eigenvalue weighted by Gasteiger charge is 2.23. The lowest BCUT2D eigenvalue weighted by Gasteiger charge is -2.28. The van der Waals surface area contributed by atoms with Crippen molar-refractivity contribution in [3.05, 3.63) is 34.4 Å². The Morgan fingerprint density at radius 2 is 2.19 bits per heavy atom. The Kier molecular flexibility index (Phi) is 4.83. The molecule has 0 saturated heterocycles. The van der Waals surface area contributed by atoms with Crippen molar-refractivity contribution in [3.8, 4) is 0 Å². The zero-order chi connectivity index (χ0) is 15.4. The molecule has 1 aromatic rings. The molecule has 2 rings (SSSR count). The third kappa shape index (κ3) is 3.54. The van der Waals surface area contributed by atoms with Gasteiger partial charge in [-0.2, -0.15) is 0 Å². The van der Waals surface area contributed by atoms with Gasteiger partial charge in [0, 0.05) is 6.04 Å². The van der Waals surface area contributed by atoms with E-state index in [1.165, 1.54) is 18.2 Å². The molecule has 0 bridgehead atoms. The Labute approximate surface area is 124 Å². The molecule has 0 heterocycles. The molecule has 1 atom stereocenters. The van der Waals surface area contributed by atoms with E-state index in [0.717, 1.165) is 36.8 Å². The number of benzene rings is 1. The van der Waals surface area contributed by atoms with Crippen LogP contribution in [0.2, 0.25) is 0 Å². The maximum atomic E-state index is 11.3. The fourth-order valence-electron chi connectivity index (χ4n) is 3.07. The second-order valence-corrected chi connectivity index (χ2v) is 5.34. The molecular formula is C16H21NO4. The molecule has 21 heavy (non-hydrogen) atoms. The van der Waals surface area contributed by atoms with Gasteiger partial charge in [0.25, 0.3) is 0 Å². The van der Waals surface area contributed by atoms with E-state index < -0.39 is 12.1 Å². The minimum absolute atomic E-state index is 0.0472. The summed E-state index contributed by atoms with van der Waals surface area (Å²) >= 11 is 0. The molecule has 1 aromatic carbocycles. The highest BCUT2D eigenvalue weighted by Crippen LogP contribution is 2.28. The van der Waals surface area contributed by atoms with Crippen LogP contribution in [0.4, 0.5) is 4.79 Å². The number of hydrogen-bond acceptors (Lipinski definition) is 3. The number of alkyl carbamates (subject to hydrolysis) is 1. The van der Waals surface area contributed by atoms with Gasteiger partial charge in [0.05, 0.1) is 13.5 Å². The molecule has 0 spiro atoms. The summed E-state index contributed by atoms with van der Waals surface area (Å²) in [5.74, 6) is -0.815. The van der Waals surface area contributed by atoms with Gasteiger partial charge in [0.2, 0.25) is 0 Å². The van der Waals surface area contributed by atoms with Crippen LogP contribution in [0.3, 0.4) is 0 Å². The lowest BCUT2D eigenvalue weighted by atomic mass is 9.82. The monoisotopic (exact) mass is 291 g/mol. The van der Waals surface area contributed by atoms with Crippen LogP contribution in [0.5, 0.6) is 0 Å². The van der Waals surface area contributed by atoms with Gasteiger partial charge in [-0.15, -0.1) is 0 Å². The first kappa shape index (κ1) is 15.4. The van der Waals surface area contributed by atoms with E-state index in [4.69, 9.17) is 5.11 Å². The summed E-state index contributed by atoms with van der Waals surface area (Å²) in [6.45, 7) is 2.04. The molecule has 0 aromatic heterocycles. The van der Waals surface area contributed by atoms with E-state index >= 15 is 0 Å². The lowest BCUT2D eigenvalue weighted by molar-refractivity contribution is -0.136. The molecule has 0 fully saturated rings. The van der Waals surface area contributed by atoms with Crippen molar-refractivity contribution in [2.75, 3.05) is 7.11 Å². The van der Waals surface area contributed by atoms with Crippen molar-refractivity contribution in [2.45, 2.75) is 45.1 Å². The second-order valence-electron chi connectivity index (χ2n) is 5.34. The number of carboxylic acid groups (broad SMARTS) is 1. The van der Waals surface area contributed by atoms with Gasteiger partial charge < -0.3 is 15.2 Å². The SMILES string of the molecule is CCc1c(CC(=O)O)ccc2c1CC(NC(=O)OC)CC2.